The van der Waals surface area contributed by atoms with Gasteiger partial charge in [-0.3, -0.25) is 9.89 Å². The molecule has 6 heteroatoms. The molecule has 3 aromatic rings. The van der Waals surface area contributed by atoms with Gasteiger partial charge in [-0.25, -0.2) is 5.43 Å². The summed E-state index contributed by atoms with van der Waals surface area (Å²) in [5, 5.41) is 13.3. The Balaban J connectivity index is 1.56. The number of aromatic nitrogens is 2. The lowest BCUT2D eigenvalue weighted by Crippen LogP contribution is -2.20. The summed E-state index contributed by atoms with van der Waals surface area (Å²) in [7, 11) is 0. The van der Waals surface area contributed by atoms with Gasteiger partial charge in [-0.05, 0) is 42.3 Å². The summed E-state index contributed by atoms with van der Waals surface area (Å²) in [5.41, 5.74) is 8.45. The molecule has 0 saturated heterocycles. The van der Waals surface area contributed by atoms with E-state index in [1.54, 1.807) is 17.6 Å². The number of carbonyl (C=O) groups excluding carboxylic acids is 1. The average molecular weight is 336 g/mol. The molecule has 0 unspecified atom stereocenters. The number of benzene rings is 1. The first-order chi connectivity index (χ1) is 11.7. The van der Waals surface area contributed by atoms with Gasteiger partial charge in [0.25, 0.3) is 5.91 Å². The molecule has 0 saturated carbocycles. The fourth-order valence-electron chi connectivity index (χ4n) is 2.97. The van der Waals surface area contributed by atoms with Crippen LogP contribution in [-0.4, -0.2) is 22.3 Å². The molecule has 1 amide bonds. The van der Waals surface area contributed by atoms with Crippen LogP contribution in [-0.2, 0) is 12.8 Å². The van der Waals surface area contributed by atoms with Gasteiger partial charge in [-0.1, -0.05) is 24.3 Å². The molecule has 4 rings (SSSR count). The average Bonchev–Trinajstić information content (AvgIpc) is 3.21. The van der Waals surface area contributed by atoms with E-state index in [0.29, 0.717) is 5.69 Å². The molecule has 2 heterocycles. The third kappa shape index (κ3) is 2.55. The van der Waals surface area contributed by atoms with Crippen LogP contribution < -0.4 is 5.43 Å². The minimum atomic E-state index is -0.256. The van der Waals surface area contributed by atoms with Gasteiger partial charge in [0.1, 0.15) is 5.69 Å². The third-order valence-corrected chi connectivity index (χ3v) is 5.21. The van der Waals surface area contributed by atoms with E-state index in [9.17, 15) is 4.79 Å². The number of hydrazone groups is 1. The van der Waals surface area contributed by atoms with E-state index in [-0.39, 0.29) is 5.91 Å². The van der Waals surface area contributed by atoms with Gasteiger partial charge in [-0.2, -0.15) is 10.2 Å². The second-order valence-corrected chi connectivity index (χ2v) is 6.70. The number of nitrogens with zero attached hydrogens (tertiary/aromatic N) is 2. The van der Waals surface area contributed by atoms with Crippen LogP contribution in [0.5, 0.6) is 0 Å². The van der Waals surface area contributed by atoms with Crippen LogP contribution >= 0.6 is 11.3 Å². The summed E-state index contributed by atoms with van der Waals surface area (Å²) in [6.07, 6.45) is 3.40. The van der Waals surface area contributed by atoms with Crippen molar-refractivity contribution in [2.45, 2.75) is 19.8 Å². The molecule has 0 radical (unpaired) electrons. The summed E-state index contributed by atoms with van der Waals surface area (Å²) in [6.45, 7) is 2.02. The molecule has 24 heavy (non-hydrogen) atoms. The van der Waals surface area contributed by atoms with Gasteiger partial charge >= 0.3 is 0 Å². The molecule has 2 aromatic heterocycles. The quantitative estimate of drug-likeness (QED) is 0.569. The van der Waals surface area contributed by atoms with E-state index in [1.807, 2.05) is 36.6 Å². The number of amides is 1. The van der Waals surface area contributed by atoms with Gasteiger partial charge in [0.15, 0.2) is 0 Å². The lowest BCUT2D eigenvalue weighted by Gasteiger charge is -2.15. The highest BCUT2D eigenvalue weighted by Gasteiger charge is 2.24. The fraction of sp³-hybridized carbons (Fsp3) is 0.167. The van der Waals surface area contributed by atoms with Crippen molar-refractivity contribution in [2.75, 3.05) is 0 Å². The lowest BCUT2D eigenvalue weighted by atomic mass is 9.89. The van der Waals surface area contributed by atoms with Crippen LogP contribution in [0.4, 0.5) is 0 Å². The number of carbonyl (C=O) groups is 1. The van der Waals surface area contributed by atoms with Crippen LogP contribution in [0.2, 0.25) is 0 Å². The lowest BCUT2D eigenvalue weighted by molar-refractivity contribution is 0.0949. The van der Waals surface area contributed by atoms with E-state index in [0.717, 1.165) is 40.1 Å². The summed E-state index contributed by atoms with van der Waals surface area (Å²) in [4.78, 5) is 13.4. The highest BCUT2D eigenvalue weighted by Crippen LogP contribution is 2.33. The molecular formula is C18H16N4OS. The van der Waals surface area contributed by atoms with Gasteiger partial charge in [0.05, 0.1) is 11.9 Å². The normalized spacial score (nSPS) is 12.9. The summed E-state index contributed by atoms with van der Waals surface area (Å²) < 4.78 is 0. The van der Waals surface area contributed by atoms with Gasteiger partial charge in [0.2, 0.25) is 0 Å². The Hall–Kier alpha value is -2.73. The van der Waals surface area contributed by atoms with Crippen LogP contribution in [0.25, 0.3) is 11.3 Å². The van der Waals surface area contributed by atoms with Gasteiger partial charge < -0.3 is 0 Å². The van der Waals surface area contributed by atoms with Crippen molar-refractivity contribution in [3.63, 3.8) is 0 Å². The zero-order chi connectivity index (χ0) is 16.5. The zero-order valence-electron chi connectivity index (χ0n) is 13.2. The zero-order valence-corrected chi connectivity index (χ0v) is 14.0. The van der Waals surface area contributed by atoms with Crippen molar-refractivity contribution in [3.8, 4) is 11.3 Å². The maximum atomic E-state index is 12.4. The number of hydrogen-bond acceptors (Lipinski definition) is 4. The maximum absolute atomic E-state index is 12.4. The molecule has 0 fully saturated rings. The van der Waals surface area contributed by atoms with E-state index < -0.39 is 0 Å². The van der Waals surface area contributed by atoms with Crippen LogP contribution in [0.3, 0.4) is 0 Å². The third-order valence-electron chi connectivity index (χ3n) is 4.26. The molecular weight excluding hydrogens is 320 g/mol. The minimum Gasteiger partial charge on any atom is -0.272 e. The van der Waals surface area contributed by atoms with Crippen molar-refractivity contribution in [2.24, 2.45) is 5.10 Å². The molecule has 5 nitrogen and oxygen atoms in total. The standard InChI is InChI=1S/C18H16N4OS/c1-11-8-9-24-15(11)10-19-22-18(23)17-14-7-6-12-4-2-3-5-13(12)16(14)20-21-17/h2-5,8-10H,6-7H2,1H3,(H,20,21)(H,22,23). The Bertz CT molecular complexity index is 938. The molecule has 2 N–H and O–H groups in total. The second kappa shape index (κ2) is 6.05. The molecule has 1 aliphatic carbocycles. The van der Waals surface area contributed by atoms with Crippen molar-refractivity contribution in [1.29, 1.82) is 0 Å². The predicted octanol–water partition coefficient (Wildman–Crippen LogP) is 3.31. The fourth-order valence-corrected chi connectivity index (χ4v) is 3.76. The molecule has 0 spiro atoms. The molecule has 1 aromatic carbocycles. The number of aromatic amines is 1. The van der Waals surface area contributed by atoms with Crippen molar-refractivity contribution in [1.82, 2.24) is 15.6 Å². The van der Waals surface area contributed by atoms with Gasteiger partial charge in [-0.15, -0.1) is 11.3 Å². The second-order valence-electron chi connectivity index (χ2n) is 5.75. The number of H-pyrrole nitrogens is 1. The Morgan fingerprint density at radius 2 is 2.21 bits per heavy atom. The Morgan fingerprint density at radius 1 is 1.33 bits per heavy atom. The Labute approximate surface area is 143 Å². The first-order valence-electron chi connectivity index (χ1n) is 7.77. The highest BCUT2D eigenvalue weighted by molar-refractivity contribution is 7.11. The number of rotatable bonds is 3. The summed E-state index contributed by atoms with van der Waals surface area (Å²) in [5.74, 6) is -0.256. The Morgan fingerprint density at radius 3 is 3.04 bits per heavy atom. The molecule has 120 valence electrons. The number of thiophene rings is 1. The van der Waals surface area contributed by atoms with Crippen molar-refractivity contribution < 1.29 is 4.79 Å². The molecule has 0 atom stereocenters. The SMILES string of the molecule is Cc1ccsc1C=NNC(=O)c1[nH]nc2c1CCc1ccccc1-2. The number of fused-ring (bicyclic) bond motifs is 3. The molecule has 0 bridgehead atoms. The van der Waals surface area contributed by atoms with Crippen LogP contribution in [0.1, 0.15) is 32.1 Å². The predicted molar refractivity (Wildman–Crippen MR) is 95.5 cm³/mol. The molecule has 0 aliphatic heterocycles. The van der Waals surface area contributed by atoms with E-state index in [1.165, 1.54) is 5.56 Å². The summed E-state index contributed by atoms with van der Waals surface area (Å²) >= 11 is 1.59. The van der Waals surface area contributed by atoms with Crippen LogP contribution in [0, 0.1) is 6.92 Å². The van der Waals surface area contributed by atoms with Crippen molar-refractivity contribution >= 4 is 23.5 Å². The van der Waals surface area contributed by atoms with Crippen LogP contribution in [0.15, 0.2) is 40.8 Å². The van der Waals surface area contributed by atoms with Crippen molar-refractivity contribution in [3.05, 3.63) is 63.0 Å². The van der Waals surface area contributed by atoms with E-state index >= 15 is 0 Å². The monoisotopic (exact) mass is 336 g/mol. The summed E-state index contributed by atoms with van der Waals surface area (Å²) in [6, 6.07) is 10.2. The smallest absolute Gasteiger partial charge is 0.272 e. The minimum absolute atomic E-state index is 0.256. The number of aryl methyl sites for hydroxylation is 2. The van der Waals surface area contributed by atoms with Gasteiger partial charge in [0, 0.05) is 16.0 Å². The highest BCUT2D eigenvalue weighted by atomic mass is 32.1. The largest absolute Gasteiger partial charge is 0.289 e. The first-order valence-corrected chi connectivity index (χ1v) is 8.65. The Kier molecular flexibility index (Phi) is 3.74. The maximum Gasteiger partial charge on any atom is 0.289 e. The van der Waals surface area contributed by atoms with E-state index in [2.05, 4.69) is 26.8 Å². The number of hydrogen-bond donors (Lipinski definition) is 2. The number of nitrogens with one attached hydrogen (secondary N) is 2. The first kappa shape index (κ1) is 14.8. The topological polar surface area (TPSA) is 70.1 Å². The van der Waals surface area contributed by atoms with E-state index in [4.69, 9.17) is 0 Å². The molecule has 1 aliphatic rings.